The minimum atomic E-state index is -0.364. The Kier molecular flexibility index (Phi) is 5.03. The van der Waals surface area contributed by atoms with Gasteiger partial charge in [0, 0.05) is 5.54 Å². The average Bonchev–Trinajstić information content (AvgIpc) is 2.31. The fourth-order valence-corrected chi connectivity index (χ4v) is 1.72. The van der Waals surface area contributed by atoms with E-state index in [9.17, 15) is 0 Å². The van der Waals surface area contributed by atoms with E-state index in [0.717, 1.165) is 17.1 Å². The second-order valence-electron chi connectivity index (χ2n) is 4.96. The first-order valence-electron chi connectivity index (χ1n) is 6.62. The minimum absolute atomic E-state index is 0.352. The molecule has 0 aliphatic rings. The van der Waals surface area contributed by atoms with Crippen molar-refractivity contribution >= 4 is 0 Å². The molecule has 0 fully saturated rings. The predicted molar refractivity (Wildman–Crippen MR) is 75.2 cm³/mol. The van der Waals surface area contributed by atoms with Gasteiger partial charge in [-0.2, -0.15) is 0 Å². The molecule has 102 valence electrons. The maximum Gasteiger partial charge on any atom is 0.161 e. The lowest BCUT2D eigenvalue weighted by Crippen LogP contribution is -2.38. The summed E-state index contributed by atoms with van der Waals surface area (Å²) in [6.07, 6.45) is 0. The largest absolute Gasteiger partial charge is 0.490 e. The highest BCUT2D eigenvalue weighted by Crippen LogP contribution is 2.34. The van der Waals surface area contributed by atoms with Gasteiger partial charge in [0.05, 0.1) is 13.2 Å². The standard InChI is InChI=1S/C15H25NO2/c1-6-17-13-9-8-12(10-14(13)18-7-2)15(5,16)11(3)4/h8-11H,6-7,16H2,1-5H3. The van der Waals surface area contributed by atoms with Gasteiger partial charge in [0.15, 0.2) is 11.5 Å². The van der Waals surface area contributed by atoms with Crippen molar-refractivity contribution in [3.05, 3.63) is 23.8 Å². The first kappa shape index (κ1) is 14.8. The van der Waals surface area contributed by atoms with E-state index in [1.165, 1.54) is 0 Å². The molecule has 0 saturated carbocycles. The maximum atomic E-state index is 6.37. The van der Waals surface area contributed by atoms with Gasteiger partial charge in [0.1, 0.15) is 0 Å². The van der Waals surface area contributed by atoms with E-state index in [0.29, 0.717) is 19.1 Å². The van der Waals surface area contributed by atoms with Crippen LogP contribution in [0.25, 0.3) is 0 Å². The van der Waals surface area contributed by atoms with Crippen LogP contribution in [0.5, 0.6) is 11.5 Å². The highest BCUT2D eigenvalue weighted by atomic mass is 16.5. The maximum absolute atomic E-state index is 6.37. The minimum Gasteiger partial charge on any atom is -0.490 e. The van der Waals surface area contributed by atoms with Crippen LogP contribution in [0, 0.1) is 5.92 Å². The smallest absolute Gasteiger partial charge is 0.161 e. The summed E-state index contributed by atoms with van der Waals surface area (Å²) in [7, 11) is 0. The Morgan fingerprint density at radius 3 is 2.17 bits per heavy atom. The Morgan fingerprint density at radius 1 is 1.11 bits per heavy atom. The molecule has 0 heterocycles. The molecule has 0 bridgehead atoms. The molecule has 0 amide bonds. The number of ether oxygens (including phenoxy) is 2. The van der Waals surface area contributed by atoms with Crippen molar-refractivity contribution in [2.45, 2.75) is 40.2 Å². The number of nitrogens with two attached hydrogens (primary N) is 1. The van der Waals surface area contributed by atoms with Gasteiger partial charge >= 0.3 is 0 Å². The first-order chi connectivity index (χ1) is 8.43. The molecule has 2 N–H and O–H groups in total. The van der Waals surface area contributed by atoms with Crippen molar-refractivity contribution in [3.8, 4) is 11.5 Å². The average molecular weight is 251 g/mol. The second-order valence-corrected chi connectivity index (χ2v) is 4.96. The summed E-state index contributed by atoms with van der Waals surface area (Å²) in [5.41, 5.74) is 7.08. The van der Waals surface area contributed by atoms with Crippen LogP contribution in [0.2, 0.25) is 0 Å². The summed E-state index contributed by atoms with van der Waals surface area (Å²) in [5, 5.41) is 0. The molecule has 1 atom stereocenters. The molecular weight excluding hydrogens is 226 g/mol. The lowest BCUT2D eigenvalue weighted by Gasteiger charge is -2.30. The molecule has 1 unspecified atom stereocenters. The van der Waals surface area contributed by atoms with E-state index in [1.807, 2.05) is 39.0 Å². The van der Waals surface area contributed by atoms with Crippen molar-refractivity contribution < 1.29 is 9.47 Å². The van der Waals surface area contributed by atoms with Gasteiger partial charge in [0.2, 0.25) is 0 Å². The summed E-state index contributed by atoms with van der Waals surface area (Å²) in [6.45, 7) is 11.5. The van der Waals surface area contributed by atoms with E-state index in [1.54, 1.807) is 0 Å². The summed E-state index contributed by atoms with van der Waals surface area (Å²) in [5.74, 6) is 1.90. The van der Waals surface area contributed by atoms with Gasteiger partial charge < -0.3 is 15.2 Å². The quantitative estimate of drug-likeness (QED) is 0.843. The highest BCUT2D eigenvalue weighted by Gasteiger charge is 2.26. The third-order valence-corrected chi connectivity index (χ3v) is 3.36. The molecule has 3 nitrogen and oxygen atoms in total. The van der Waals surface area contributed by atoms with Crippen molar-refractivity contribution in [2.24, 2.45) is 11.7 Å². The molecule has 1 rings (SSSR count). The Labute approximate surface area is 110 Å². The van der Waals surface area contributed by atoms with E-state index < -0.39 is 0 Å². The van der Waals surface area contributed by atoms with Crippen molar-refractivity contribution in [3.63, 3.8) is 0 Å². The van der Waals surface area contributed by atoms with Crippen LogP contribution in [-0.2, 0) is 5.54 Å². The molecular formula is C15H25NO2. The molecule has 0 aliphatic carbocycles. The Morgan fingerprint density at radius 2 is 1.67 bits per heavy atom. The number of hydrogen-bond donors (Lipinski definition) is 1. The van der Waals surface area contributed by atoms with Crippen LogP contribution in [0.4, 0.5) is 0 Å². The van der Waals surface area contributed by atoms with Crippen molar-refractivity contribution in [1.82, 2.24) is 0 Å². The fourth-order valence-electron chi connectivity index (χ4n) is 1.72. The molecule has 3 heteroatoms. The second kappa shape index (κ2) is 6.10. The topological polar surface area (TPSA) is 44.5 Å². The zero-order chi connectivity index (χ0) is 13.8. The zero-order valence-corrected chi connectivity index (χ0v) is 12.1. The van der Waals surface area contributed by atoms with Crippen LogP contribution >= 0.6 is 0 Å². The molecule has 0 spiro atoms. The fraction of sp³-hybridized carbons (Fsp3) is 0.600. The summed E-state index contributed by atoms with van der Waals surface area (Å²) in [6, 6.07) is 5.96. The van der Waals surface area contributed by atoms with E-state index in [4.69, 9.17) is 15.2 Å². The SMILES string of the molecule is CCOc1ccc(C(C)(N)C(C)C)cc1OCC. The first-order valence-corrected chi connectivity index (χ1v) is 6.62. The third kappa shape index (κ3) is 3.16. The molecule has 0 aromatic heterocycles. The lowest BCUT2D eigenvalue weighted by atomic mass is 9.82. The molecule has 0 aliphatic heterocycles. The van der Waals surface area contributed by atoms with Gasteiger partial charge in [-0.15, -0.1) is 0 Å². The van der Waals surface area contributed by atoms with Gasteiger partial charge in [-0.1, -0.05) is 19.9 Å². The van der Waals surface area contributed by atoms with Crippen LogP contribution in [0.1, 0.15) is 40.2 Å². The zero-order valence-electron chi connectivity index (χ0n) is 12.1. The highest BCUT2D eigenvalue weighted by molar-refractivity contribution is 5.45. The van der Waals surface area contributed by atoms with Gasteiger partial charge in [-0.25, -0.2) is 0 Å². The van der Waals surface area contributed by atoms with E-state index >= 15 is 0 Å². The number of rotatable bonds is 6. The molecule has 1 aromatic carbocycles. The normalized spacial score (nSPS) is 14.4. The molecule has 1 aromatic rings. The summed E-state index contributed by atoms with van der Waals surface area (Å²) < 4.78 is 11.2. The van der Waals surface area contributed by atoms with Gasteiger partial charge in [0.25, 0.3) is 0 Å². The summed E-state index contributed by atoms with van der Waals surface area (Å²) in [4.78, 5) is 0. The van der Waals surface area contributed by atoms with Crippen molar-refractivity contribution in [1.29, 1.82) is 0 Å². The lowest BCUT2D eigenvalue weighted by molar-refractivity contribution is 0.284. The Balaban J connectivity index is 3.13. The number of benzene rings is 1. The van der Waals surface area contributed by atoms with Gasteiger partial charge in [-0.3, -0.25) is 0 Å². The molecule has 18 heavy (non-hydrogen) atoms. The predicted octanol–water partition coefficient (Wildman–Crippen LogP) is 3.31. The van der Waals surface area contributed by atoms with Crippen LogP contribution < -0.4 is 15.2 Å². The van der Waals surface area contributed by atoms with Gasteiger partial charge in [-0.05, 0) is 44.4 Å². The van der Waals surface area contributed by atoms with E-state index in [2.05, 4.69) is 13.8 Å². The number of hydrogen-bond acceptors (Lipinski definition) is 3. The van der Waals surface area contributed by atoms with Crippen LogP contribution in [-0.4, -0.2) is 13.2 Å². The van der Waals surface area contributed by atoms with E-state index in [-0.39, 0.29) is 5.54 Å². The molecule has 0 radical (unpaired) electrons. The monoisotopic (exact) mass is 251 g/mol. The Hall–Kier alpha value is -1.22. The van der Waals surface area contributed by atoms with Crippen molar-refractivity contribution in [2.75, 3.05) is 13.2 Å². The van der Waals surface area contributed by atoms with Crippen LogP contribution in [0.3, 0.4) is 0 Å². The molecule has 0 saturated heterocycles. The van der Waals surface area contributed by atoms with Crippen LogP contribution in [0.15, 0.2) is 18.2 Å². The summed E-state index contributed by atoms with van der Waals surface area (Å²) >= 11 is 0. The Bertz CT molecular complexity index is 386. The third-order valence-electron chi connectivity index (χ3n) is 3.36.